The van der Waals surface area contributed by atoms with Gasteiger partial charge >= 0.3 is 0 Å². The first kappa shape index (κ1) is 31.9. The summed E-state index contributed by atoms with van der Waals surface area (Å²) in [7, 11) is 0. The molecular weight excluding hydrogens is 619 g/mol. The van der Waals surface area contributed by atoms with E-state index in [0.717, 1.165) is 38.5 Å². The lowest BCUT2D eigenvalue weighted by molar-refractivity contribution is 0.288. The molecule has 4 atom stereocenters. The van der Waals surface area contributed by atoms with Crippen LogP contribution in [-0.2, 0) is 11.2 Å². The summed E-state index contributed by atoms with van der Waals surface area (Å²) < 4.78 is 8.15. The maximum atomic E-state index is 5.71. The monoisotopic (exact) mass is 665 g/mol. The second-order valence-electron chi connectivity index (χ2n) is 14.9. The molecule has 0 amide bonds. The second kappa shape index (κ2) is 14.3. The van der Waals surface area contributed by atoms with E-state index >= 15 is 0 Å². The summed E-state index contributed by atoms with van der Waals surface area (Å²) in [6, 6.07) is 18.5. The summed E-state index contributed by atoms with van der Waals surface area (Å²) in [5.41, 5.74) is 13.9. The summed E-state index contributed by atoms with van der Waals surface area (Å²) in [5, 5.41) is 1.32. The average molecular weight is 666 g/mol. The molecule has 3 aromatic rings. The van der Waals surface area contributed by atoms with Crippen molar-refractivity contribution in [3.63, 3.8) is 0 Å². The van der Waals surface area contributed by atoms with E-state index in [4.69, 9.17) is 4.74 Å². The van der Waals surface area contributed by atoms with Crippen molar-refractivity contribution in [2.45, 2.75) is 57.3 Å². The molecule has 5 aliphatic carbocycles. The van der Waals surface area contributed by atoms with Crippen LogP contribution in [0.2, 0.25) is 0 Å². The summed E-state index contributed by atoms with van der Waals surface area (Å²) in [4.78, 5) is 0. The molecule has 6 aliphatic rings. The van der Waals surface area contributed by atoms with Gasteiger partial charge in [-0.3, -0.25) is 0 Å². The number of nitrogens with zero attached hydrogens (tertiary/aromatic N) is 1. The Morgan fingerprint density at radius 1 is 0.745 bits per heavy atom. The maximum Gasteiger partial charge on any atom is 0.128 e. The van der Waals surface area contributed by atoms with Crippen LogP contribution in [0.15, 0.2) is 163 Å². The van der Waals surface area contributed by atoms with Crippen molar-refractivity contribution >= 4 is 28.2 Å². The lowest BCUT2D eigenvalue weighted by Crippen LogP contribution is -2.13. The quantitative estimate of drug-likeness (QED) is 0.234. The number of para-hydroxylation sites is 1. The normalized spacial score (nSPS) is 24.3. The first-order valence-corrected chi connectivity index (χ1v) is 19.2. The highest BCUT2D eigenvalue weighted by atomic mass is 16.5. The predicted octanol–water partition coefficient (Wildman–Crippen LogP) is 12.4. The Morgan fingerprint density at radius 3 is 2.41 bits per heavy atom. The fourth-order valence-electron chi connectivity index (χ4n) is 9.01. The highest BCUT2D eigenvalue weighted by molar-refractivity contribution is 5.99. The SMILES string of the molecule is C1=CCC(C2=CCC(CC(C3=CCC(C4=CCCC=C4)C=C3)c3ccc(C4=Cc5c(n(C6=CC=COC6)c6ccccc56)CC4)cc3)C=C2)C=C1. The van der Waals surface area contributed by atoms with Gasteiger partial charge in [-0.05, 0) is 115 Å². The van der Waals surface area contributed by atoms with Crippen LogP contribution < -0.4 is 0 Å². The van der Waals surface area contributed by atoms with Crippen LogP contribution >= 0.6 is 0 Å². The number of aromatic nitrogens is 1. The molecular formula is C49H47NO. The number of ether oxygens (including phenoxy) is 1. The molecule has 2 heterocycles. The molecule has 0 bridgehead atoms. The molecule has 4 unspecified atom stereocenters. The third kappa shape index (κ3) is 6.49. The smallest absolute Gasteiger partial charge is 0.128 e. The molecule has 51 heavy (non-hydrogen) atoms. The van der Waals surface area contributed by atoms with Gasteiger partial charge in [-0.1, -0.05) is 121 Å². The van der Waals surface area contributed by atoms with Crippen molar-refractivity contribution in [1.82, 2.24) is 4.57 Å². The molecule has 2 nitrogen and oxygen atoms in total. The zero-order valence-electron chi connectivity index (χ0n) is 29.5. The van der Waals surface area contributed by atoms with E-state index in [0.29, 0.717) is 30.3 Å². The van der Waals surface area contributed by atoms with Gasteiger partial charge in [0.15, 0.2) is 0 Å². The summed E-state index contributed by atoms with van der Waals surface area (Å²) >= 11 is 0. The van der Waals surface area contributed by atoms with Crippen molar-refractivity contribution in [3.05, 3.63) is 185 Å². The molecule has 254 valence electrons. The van der Waals surface area contributed by atoms with E-state index in [1.54, 1.807) is 6.26 Å². The Morgan fingerprint density at radius 2 is 1.65 bits per heavy atom. The molecule has 0 saturated heterocycles. The lowest BCUT2D eigenvalue weighted by atomic mass is 9.76. The third-order valence-electron chi connectivity index (χ3n) is 11.8. The Kier molecular flexibility index (Phi) is 8.92. The van der Waals surface area contributed by atoms with Crippen LogP contribution in [-0.4, -0.2) is 11.2 Å². The Bertz CT molecular complexity index is 2160. The molecule has 2 aromatic carbocycles. The highest BCUT2D eigenvalue weighted by Crippen LogP contribution is 2.42. The number of fused-ring (bicyclic) bond motifs is 3. The lowest BCUT2D eigenvalue weighted by Gasteiger charge is -2.28. The molecule has 0 saturated carbocycles. The molecule has 9 rings (SSSR count). The molecule has 1 aromatic heterocycles. The van der Waals surface area contributed by atoms with Crippen LogP contribution in [0, 0.1) is 17.8 Å². The van der Waals surface area contributed by atoms with E-state index in [1.807, 2.05) is 6.08 Å². The average Bonchev–Trinajstić information content (AvgIpc) is 3.55. The van der Waals surface area contributed by atoms with Crippen LogP contribution in [0.1, 0.15) is 73.2 Å². The van der Waals surface area contributed by atoms with Crippen molar-refractivity contribution < 1.29 is 4.74 Å². The standard InChI is InChI=1S/C49H47NO/c1-3-10-36(11-4-1)38-19-17-35(18-20-38)32-46(41-25-21-39(22-26-41)37-12-5-2-6-13-37)42-27-23-40(24-28-42)43-29-30-49-47(33-43)45-15-7-8-16-48(45)50(49)44-14-9-31-51-34-44/h1,3-5,7-10,12-17,19-21,23-28,31,33,35-36,39,46H,2,6,11,18,22,29-30,32,34H2. The largest absolute Gasteiger partial charge is 0.495 e. The Balaban J connectivity index is 0.992. The summed E-state index contributed by atoms with van der Waals surface area (Å²) in [6.45, 7) is 0.603. The number of benzene rings is 2. The van der Waals surface area contributed by atoms with Crippen LogP contribution in [0.5, 0.6) is 0 Å². The van der Waals surface area contributed by atoms with Gasteiger partial charge in [-0.15, -0.1) is 0 Å². The Hall–Kier alpha value is -5.08. The minimum atomic E-state index is 0.374. The highest BCUT2D eigenvalue weighted by Gasteiger charge is 2.26. The Labute approximate surface area is 303 Å². The van der Waals surface area contributed by atoms with Gasteiger partial charge in [0.2, 0.25) is 0 Å². The van der Waals surface area contributed by atoms with Crippen LogP contribution in [0.4, 0.5) is 0 Å². The molecule has 0 fully saturated rings. The van der Waals surface area contributed by atoms with E-state index in [-0.39, 0.29) is 0 Å². The number of allylic oxidation sites excluding steroid dienone is 19. The van der Waals surface area contributed by atoms with E-state index in [1.165, 1.54) is 74.1 Å². The topological polar surface area (TPSA) is 14.2 Å². The number of rotatable bonds is 8. The zero-order valence-corrected chi connectivity index (χ0v) is 29.5. The molecule has 0 spiro atoms. The zero-order chi connectivity index (χ0) is 34.0. The van der Waals surface area contributed by atoms with Crippen LogP contribution in [0.25, 0.3) is 28.2 Å². The van der Waals surface area contributed by atoms with Crippen LogP contribution in [0.3, 0.4) is 0 Å². The van der Waals surface area contributed by atoms with Gasteiger partial charge in [0.1, 0.15) is 6.61 Å². The van der Waals surface area contributed by atoms with Gasteiger partial charge in [0.05, 0.1) is 17.5 Å². The maximum absolute atomic E-state index is 5.71. The third-order valence-corrected chi connectivity index (χ3v) is 11.8. The second-order valence-corrected chi connectivity index (χ2v) is 14.9. The molecule has 0 radical (unpaired) electrons. The van der Waals surface area contributed by atoms with E-state index in [2.05, 4.69) is 144 Å². The predicted molar refractivity (Wildman–Crippen MR) is 215 cm³/mol. The van der Waals surface area contributed by atoms with Gasteiger partial charge < -0.3 is 9.30 Å². The van der Waals surface area contributed by atoms with Crippen molar-refractivity contribution in [3.8, 4) is 0 Å². The van der Waals surface area contributed by atoms with Crippen molar-refractivity contribution in [2.75, 3.05) is 6.61 Å². The number of hydrogen-bond donors (Lipinski definition) is 0. The fourth-order valence-corrected chi connectivity index (χ4v) is 9.01. The van der Waals surface area contributed by atoms with E-state index in [9.17, 15) is 0 Å². The van der Waals surface area contributed by atoms with Gasteiger partial charge in [0, 0.05) is 34.4 Å². The molecule has 0 N–H and O–H groups in total. The minimum absolute atomic E-state index is 0.374. The first-order valence-electron chi connectivity index (χ1n) is 19.2. The van der Waals surface area contributed by atoms with Gasteiger partial charge in [-0.2, -0.15) is 0 Å². The van der Waals surface area contributed by atoms with Gasteiger partial charge in [-0.25, -0.2) is 0 Å². The fraction of sp³-hybridized carbons (Fsp3) is 0.265. The minimum Gasteiger partial charge on any atom is -0.495 e. The summed E-state index contributed by atoms with van der Waals surface area (Å²) in [5.74, 6) is 1.93. The van der Waals surface area contributed by atoms with Crippen molar-refractivity contribution in [2.24, 2.45) is 17.8 Å². The van der Waals surface area contributed by atoms with Gasteiger partial charge in [0.25, 0.3) is 0 Å². The number of hydrogen-bond acceptors (Lipinski definition) is 1. The summed E-state index contributed by atoms with van der Waals surface area (Å²) in [6.07, 6.45) is 48.3. The van der Waals surface area contributed by atoms with E-state index < -0.39 is 0 Å². The molecule has 1 aliphatic heterocycles. The first-order chi connectivity index (χ1) is 25.3. The molecule has 2 heteroatoms. The van der Waals surface area contributed by atoms with Crippen molar-refractivity contribution in [1.29, 1.82) is 0 Å².